The zero-order valence-corrected chi connectivity index (χ0v) is 14.0. The minimum atomic E-state index is -0.298. The zero-order chi connectivity index (χ0) is 16.5. The van der Waals surface area contributed by atoms with E-state index in [1.165, 1.54) is 0 Å². The lowest BCUT2D eigenvalue weighted by Crippen LogP contribution is -2.31. The number of rotatable bonds is 7. The van der Waals surface area contributed by atoms with Crippen LogP contribution >= 0.6 is 11.6 Å². The van der Waals surface area contributed by atoms with E-state index < -0.39 is 0 Å². The Kier molecular flexibility index (Phi) is 7.67. The molecule has 0 saturated carbocycles. The summed E-state index contributed by atoms with van der Waals surface area (Å²) in [7, 11) is 0. The first-order valence-corrected chi connectivity index (χ1v) is 7.64. The number of carbonyl (C=O) groups is 2. The van der Waals surface area contributed by atoms with Crippen LogP contribution in [0, 0.1) is 0 Å². The molecule has 0 N–H and O–H groups in total. The van der Waals surface area contributed by atoms with Gasteiger partial charge in [0.1, 0.15) is 0 Å². The molecule has 5 heteroatoms. The molecule has 1 aromatic carbocycles. The van der Waals surface area contributed by atoms with Crippen molar-refractivity contribution >= 4 is 23.5 Å². The van der Waals surface area contributed by atoms with Gasteiger partial charge in [0, 0.05) is 24.2 Å². The molecule has 0 aliphatic carbocycles. The van der Waals surface area contributed by atoms with Crippen LogP contribution in [-0.2, 0) is 20.9 Å². The molecule has 1 aromatic rings. The topological polar surface area (TPSA) is 46.6 Å². The largest absolute Gasteiger partial charge is 0.466 e. The van der Waals surface area contributed by atoms with Gasteiger partial charge in [-0.15, -0.1) is 0 Å². The Morgan fingerprint density at radius 1 is 1.23 bits per heavy atom. The highest BCUT2D eigenvalue weighted by Gasteiger charge is 2.14. The minimum Gasteiger partial charge on any atom is -0.466 e. The molecular weight excluding hydrogens is 302 g/mol. The van der Waals surface area contributed by atoms with Crippen molar-refractivity contribution in [1.82, 2.24) is 4.90 Å². The van der Waals surface area contributed by atoms with E-state index in [9.17, 15) is 9.59 Å². The van der Waals surface area contributed by atoms with Gasteiger partial charge in [0.05, 0.1) is 13.0 Å². The first-order valence-electron chi connectivity index (χ1n) is 7.26. The number of halogens is 1. The second kappa shape index (κ2) is 9.26. The molecule has 1 rings (SSSR count). The van der Waals surface area contributed by atoms with Crippen molar-refractivity contribution in [3.63, 3.8) is 0 Å². The van der Waals surface area contributed by atoms with Crippen LogP contribution in [-0.4, -0.2) is 29.9 Å². The molecule has 0 saturated heterocycles. The van der Waals surface area contributed by atoms with Gasteiger partial charge < -0.3 is 9.64 Å². The summed E-state index contributed by atoms with van der Waals surface area (Å²) in [6.07, 6.45) is 1.75. The van der Waals surface area contributed by atoms with E-state index in [2.05, 4.69) is 0 Å². The molecule has 0 unspecified atom stereocenters. The molecule has 0 heterocycles. The molecular formula is C17H22ClNO3. The molecule has 0 aliphatic heterocycles. The monoisotopic (exact) mass is 323 g/mol. The predicted molar refractivity (Wildman–Crippen MR) is 87.6 cm³/mol. The lowest BCUT2D eigenvalue weighted by atomic mass is 10.2. The highest BCUT2D eigenvalue weighted by molar-refractivity contribution is 6.30. The molecule has 1 amide bonds. The number of nitrogens with zero attached hydrogens (tertiary/aromatic N) is 1. The first-order chi connectivity index (χ1) is 10.4. The first kappa shape index (κ1) is 18.2. The summed E-state index contributed by atoms with van der Waals surface area (Å²) in [6, 6.07) is 7.31. The summed E-state index contributed by atoms with van der Waals surface area (Å²) in [5, 5.41) is 0.650. The average Bonchev–Trinajstić information content (AvgIpc) is 2.45. The highest BCUT2D eigenvalue weighted by Crippen LogP contribution is 2.12. The van der Waals surface area contributed by atoms with E-state index >= 15 is 0 Å². The third-order valence-corrected chi connectivity index (χ3v) is 3.15. The summed E-state index contributed by atoms with van der Waals surface area (Å²) in [6.45, 7) is 6.59. The van der Waals surface area contributed by atoms with E-state index in [0.29, 0.717) is 24.7 Å². The Bertz CT molecular complexity index is 533. The second-order valence-electron chi connectivity index (χ2n) is 5.16. The Labute approximate surface area is 136 Å². The van der Waals surface area contributed by atoms with E-state index in [1.54, 1.807) is 30.0 Å². The fourth-order valence-electron chi connectivity index (χ4n) is 1.88. The van der Waals surface area contributed by atoms with Crippen molar-refractivity contribution in [2.45, 2.75) is 33.7 Å². The molecule has 0 spiro atoms. The maximum Gasteiger partial charge on any atom is 0.307 e. The Morgan fingerprint density at radius 3 is 2.41 bits per heavy atom. The number of ether oxygens (including phenoxy) is 1. The molecule has 0 aromatic heterocycles. The number of carbonyl (C=O) groups excluding carboxylic acids is 2. The summed E-state index contributed by atoms with van der Waals surface area (Å²) in [4.78, 5) is 25.4. The number of esters is 1. The third-order valence-electron chi connectivity index (χ3n) is 2.90. The second-order valence-corrected chi connectivity index (χ2v) is 5.60. The van der Waals surface area contributed by atoms with Gasteiger partial charge in [-0.2, -0.15) is 0 Å². The molecule has 0 radical (unpaired) electrons. The van der Waals surface area contributed by atoms with Crippen LogP contribution < -0.4 is 0 Å². The molecule has 4 nitrogen and oxygen atoms in total. The molecule has 0 fully saturated rings. The maximum atomic E-state index is 12.3. The van der Waals surface area contributed by atoms with Crippen LogP contribution in [0.5, 0.6) is 0 Å². The van der Waals surface area contributed by atoms with Crippen LogP contribution in [0.25, 0.3) is 0 Å². The van der Waals surface area contributed by atoms with Crippen LogP contribution in [0.4, 0.5) is 0 Å². The number of benzene rings is 1. The van der Waals surface area contributed by atoms with Crippen molar-refractivity contribution in [2.75, 3.05) is 13.2 Å². The fourth-order valence-corrected chi connectivity index (χ4v) is 2.00. The number of amides is 1. The van der Waals surface area contributed by atoms with Gasteiger partial charge in [-0.3, -0.25) is 9.59 Å². The van der Waals surface area contributed by atoms with E-state index in [-0.39, 0.29) is 18.3 Å². The Hall–Kier alpha value is -1.81. The third kappa shape index (κ3) is 6.76. The van der Waals surface area contributed by atoms with Gasteiger partial charge in [-0.1, -0.05) is 29.3 Å². The maximum absolute atomic E-state index is 12.3. The molecule has 22 heavy (non-hydrogen) atoms. The van der Waals surface area contributed by atoms with E-state index in [4.69, 9.17) is 16.3 Å². The van der Waals surface area contributed by atoms with Crippen molar-refractivity contribution in [3.05, 3.63) is 46.5 Å². The van der Waals surface area contributed by atoms with Gasteiger partial charge in [0.15, 0.2) is 0 Å². The van der Waals surface area contributed by atoms with Gasteiger partial charge >= 0.3 is 5.97 Å². The summed E-state index contributed by atoms with van der Waals surface area (Å²) in [5.74, 6) is -0.409. The number of hydrogen-bond acceptors (Lipinski definition) is 3. The van der Waals surface area contributed by atoms with E-state index in [0.717, 1.165) is 11.1 Å². The van der Waals surface area contributed by atoms with Crippen LogP contribution in [0.1, 0.15) is 32.8 Å². The molecule has 0 bridgehead atoms. The highest BCUT2D eigenvalue weighted by atomic mass is 35.5. The zero-order valence-electron chi connectivity index (χ0n) is 13.3. The van der Waals surface area contributed by atoms with Crippen molar-refractivity contribution in [2.24, 2.45) is 0 Å². The van der Waals surface area contributed by atoms with Crippen molar-refractivity contribution < 1.29 is 14.3 Å². The quantitative estimate of drug-likeness (QED) is 0.569. The van der Waals surface area contributed by atoms with Crippen LogP contribution in [0.3, 0.4) is 0 Å². The Morgan fingerprint density at radius 2 is 1.86 bits per heavy atom. The SMILES string of the molecule is CCOC(=O)CCN(Cc1ccc(Cl)cc1)C(=O)C=C(C)C. The van der Waals surface area contributed by atoms with Gasteiger partial charge in [0.25, 0.3) is 0 Å². The Balaban J connectivity index is 2.77. The lowest BCUT2D eigenvalue weighted by Gasteiger charge is -2.21. The number of hydrogen-bond donors (Lipinski definition) is 0. The standard InChI is InChI=1S/C17H22ClNO3/c1-4-22-17(21)9-10-19(16(20)11-13(2)3)12-14-5-7-15(18)8-6-14/h5-8,11H,4,9-10,12H2,1-3H3. The molecule has 0 atom stereocenters. The van der Waals surface area contributed by atoms with Crippen molar-refractivity contribution in [3.8, 4) is 0 Å². The average molecular weight is 324 g/mol. The molecule has 0 aliphatic rings. The predicted octanol–water partition coefficient (Wildman–Crippen LogP) is 3.59. The van der Waals surface area contributed by atoms with Crippen LogP contribution in [0.15, 0.2) is 35.9 Å². The normalized spacial score (nSPS) is 10.0. The fraction of sp³-hybridized carbons (Fsp3) is 0.412. The molecule has 120 valence electrons. The summed E-state index contributed by atoms with van der Waals surface area (Å²) in [5.41, 5.74) is 1.88. The van der Waals surface area contributed by atoms with Gasteiger partial charge in [-0.25, -0.2) is 0 Å². The minimum absolute atomic E-state index is 0.112. The van der Waals surface area contributed by atoms with Crippen molar-refractivity contribution in [1.29, 1.82) is 0 Å². The lowest BCUT2D eigenvalue weighted by molar-refractivity contribution is -0.143. The number of allylic oxidation sites excluding steroid dienone is 1. The van der Waals surface area contributed by atoms with E-state index in [1.807, 2.05) is 26.0 Å². The summed E-state index contributed by atoms with van der Waals surface area (Å²) >= 11 is 5.87. The smallest absolute Gasteiger partial charge is 0.307 e. The van der Waals surface area contributed by atoms with Gasteiger partial charge in [0.2, 0.25) is 5.91 Å². The van der Waals surface area contributed by atoms with Crippen LogP contribution in [0.2, 0.25) is 5.02 Å². The summed E-state index contributed by atoms with van der Waals surface area (Å²) < 4.78 is 4.91. The van der Waals surface area contributed by atoms with Gasteiger partial charge in [-0.05, 0) is 38.5 Å².